The van der Waals surface area contributed by atoms with E-state index in [4.69, 9.17) is 11.6 Å². The van der Waals surface area contributed by atoms with Crippen LogP contribution in [-0.4, -0.2) is 42.8 Å². The van der Waals surface area contributed by atoms with Gasteiger partial charge in [0.05, 0.1) is 12.1 Å². The van der Waals surface area contributed by atoms with E-state index in [-0.39, 0.29) is 24.1 Å². The van der Waals surface area contributed by atoms with Gasteiger partial charge in [0.15, 0.2) is 0 Å². The molecule has 0 aromatic heterocycles. The summed E-state index contributed by atoms with van der Waals surface area (Å²) in [4.78, 5) is 39.7. The van der Waals surface area contributed by atoms with Gasteiger partial charge < -0.3 is 10.2 Å². The van der Waals surface area contributed by atoms with Crippen LogP contribution in [0.3, 0.4) is 0 Å². The summed E-state index contributed by atoms with van der Waals surface area (Å²) in [5.41, 5.74) is 2.56. The standard InChI is InChI=1S/C20H20ClN3O3/c1-12-4-9-15(10-16(12)21)24-18(25)11-17(20(24)27)22-14-7-5-13(6-8-14)19(26)23(2)3/h4-10,17,22H,11H2,1-3H3/t17-/m0/s1. The summed E-state index contributed by atoms with van der Waals surface area (Å²) < 4.78 is 0. The number of aryl methyl sites for hydroxylation is 1. The smallest absolute Gasteiger partial charge is 0.256 e. The lowest BCUT2D eigenvalue weighted by Gasteiger charge is -2.17. The third-order valence-electron chi connectivity index (χ3n) is 4.44. The van der Waals surface area contributed by atoms with Crippen molar-refractivity contribution in [3.8, 4) is 0 Å². The van der Waals surface area contributed by atoms with Crippen LogP contribution in [0.1, 0.15) is 22.3 Å². The van der Waals surface area contributed by atoms with Crippen molar-refractivity contribution in [2.24, 2.45) is 0 Å². The Morgan fingerprint density at radius 3 is 2.41 bits per heavy atom. The molecule has 2 aromatic carbocycles. The molecule has 7 heteroatoms. The first kappa shape index (κ1) is 18.9. The predicted molar refractivity (Wildman–Crippen MR) is 105 cm³/mol. The molecule has 27 heavy (non-hydrogen) atoms. The molecule has 1 atom stereocenters. The largest absolute Gasteiger partial charge is 0.373 e. The van der Waals surface area contributed by atoms with E-state index in [1.165, 1.54) is 4.90 Å². The minimum Gasteiger partial charge on any atom is -0.373 e. The second kappa shape index (κ2) is 7.40. The highest BCUT2D eigenvalue weighted by atomic mass is 35.5. The maximum atomic E-state index is 12.7. The number of nitrogens with zero attached hydrogens (tertiary/aromatic N) is 2. The Kier molecular flexibility index (Phi) is 5.19. The van der Waals surface area contributed by atoms with Gasteiger partial charge in [-0.25, -0.2) is 4.90 Å². The zero-order valence-electron chi connectivity index (χ0n) is 15.3. The number of hydrogen-bond donors (Lipinski definition) is 1. The van der Waals surface area contributed by atoms with Crippen LogP contribution in [0.15, 0.2) is 42.5 Å². The lowest BCUT2D eigenvalue weighted by atomic mass is 10.1. The number of rotatable bonds is 4. The van der Waals surface area contributed by atoms with E-state index in [1.807, 2.05) is 6.92 Å². The van der Waals surface area contributed by atoms with Crippen molar-refractivity contribution in [1.29, 1.82) is 0 Å². The molecular weight excluding hydrogens is 366 g/mol. The molecule has 0 unspecified atom stereocenters. The molecule has 1 fully saturated rings. The van der Waals surface area contributed by atoms with Gasteiger partial charge in [0.2, 0.25) is 5.91 Å². The van der Waals surface area contributed by atoms with Gasteiger partial charge in [-0.05, 0) is 48.9 Å². The molecule has 1 N–H and O–H groups in total. The molecule has 3 rings (SSSR count). The fourth-order valence-corrected chi connectivity index (χ4v) is 3.08. The molecule has 0 radical (unpaired) electrons. The summed E-state index contributed by atoms with van der Waals surface area (Å²) in [7, 11) is 3.37. The van der Waals surface area contributed by atoms with Crippen molar-refractivity contribution in [3.05, 3.63) is 58.6 Å². The second-order valence-electron chi connectivity index (χ2n) is 6.68. The molecule has 1 aliphatic rings. The van der Waals surface area contributed by atoms with Crippen LogP contribution in [0.4, 0.5) is 11.4 Å². The zero-order chi connectivity index (χ0) is 19.7. The van der Waals surface area contributed by atoms with Crippen LogP contribution < -0.4 is 10.2 Å². The van der Waals surface area contributed by atoms with E-state index in [2.05, 4.69) is 5.32 Å². The highest BCUT2D eigenvalue weighted by Gasteiger charge is 2.39. The lowest BCUT2D eigenvalue weighted by Crippen LogP contribution is -2.34. The van der Waals surface area contributed by atoms with Gasteiger partial charge in [-0.15, -0.1) is 0 Å². The van der Waals surface area contributed by atoms with Crippen molar-refractivity contribution in [2.75, 3.05) is 24.3 Å². The lowest BCUT2D eigenvalue weighted by molar-refractivity contribution is -0.121. The first-order valence-electron chi connectivity index (χ1n) is 8.49. The second-order valence-corrected chi connectivity index (χ2v) is 7.09. The number of hydrogen-bond acceptors (Lipinski definition) is 4. The van der Waals surface area contributed by atoms with Gasteiger partial charge in [0, 0.05) is 30.4 Å². The topological polar surface area (TPSA) is 69.7 Å². The van der Waals surface area contributed by atoms with Crippen LogP contribution in [0.25, 0.3) is 0 Å². The molecular formula is C20H20ClN3O3. The Labute approximate surface area is 162 Å². The molecule has 0 spiro atoms. The summed E-state index contributed by atoms with van der Waals surface area (Å²) in [6.45, 7) is 1.86. The van der Waals surface area contributed by atoms with Gasteiger partial charge in [-0.2, -0.15) is 0 Å². The predicted octanol–water partition coefficient (Wildman–Crippen LogP) is 3.09. The molecule has 0 bridgehead atoms. The van der Waals surface area contributed by atoms with Gasteiger partial charge in [-0.1, -0.05) is 17.7 Å². The number of anilines is 2. The average Bonchev–Trinajstić information content (AvgIpc) is 2.91. The zero-order valence-corrected chi connectivity index (χ0v) is 16.1. The number of carbonyl (C=O) groups excluding carboxylic acids is 3. The third-order valence-corrected chi connectivity index (χ3v) is 4.85. The van der Waals surface area contributed by atoms with E-state index in [1.54, 1.807) is 56.6 Å². The van der Waals surface area contributed by atoms with Crippen molar-refractivity contribution in [3.63, 3.8) is 0 Å². The van der Waals surface area contributed by atoms with Crippen molar-refractivity contribution in [1.82, 2.24) is 4.90 Å². The quantitative estimate of drug-likeness (QED) is 0.821. The van der Waals surface area contributed by atoms with Crippen LogP contribution >= 0.6 is 11.6 Å². The van der Waals surface area contributed by atoms with E-state index >= 15 is 0 Å². The Morgan fingerprint density at radius 1 is 1.15 bits per heavy atom. The summed E-state index contributed by atoms with van der Waals surface area (Å²) in [6.07, 6.45) is 0.0582. The van der Waals surface area contributed by atoms with Crippen LogP contribution in [0.2, 0.25) is 5.02 Å². The molecule has 6 nitrogen and oxygen atoms in total. The fraction of sp³-hybridized carbons (Fsp3) is 0.250. The van der Waals surface area contributed by atoms with E-state index < -0.39 is 6.04 Å². The SMILES string of the molecule is Cc1ccc(N2C(=O)C[C@H](Nc3ccc(C(=O)N(C)C)cc3)C2=O)cc1Cl. The van der Waals surface area contributed by atoms with Crippen LogP contribution in [0.5, 0.6) is 0 Å². The van der Waals surface area contributed by atoms with Gasteiger partial charge in [-0.3, -0.25) is 14.4 Å². The molecule has 1 saturated heterocycles. The van der Waals surface area contributed by atoms with Crippen LogP contribution in [-0.2, 0) is 9.59 Å². The summed E-state index contributed by atoms with van der Waals surface area (Å²) in [5, 5.41) is 3.58. The molecule has 140 valence electrons. The summed E-state index contributed by atoms with van der Waals surface area (Å²) in [5.74, 6) is -0.707. The van der Waals surface area contributed by atoms with Gasteiger partial charge in [0.25, 0.3) is 11.8 Å². The molecule has 3 amide bonds. The van der Waals surface area contributed by atoms with Gasteiger partial charge >= 0.3 is 0 Å². The number of benzene rings is 2. The minimum absolute atomic E-state index is 0.0582. The molecule has 1 aliphatic heterocycles. The Hall–Kier alpha value is -2.86. The van der Waals surface area contributed by atoms with Crippen molar-refractivity contribution < 1.29 is 14.4 Å². The van der Waals surface area contributed by atoms with E-state index in [9.17, 15) is 14.4 Å². The molecule has 0 saturated carbocycles. The molecule has 2 aromatic rings. The first-order chi connectivity index (χ1) is 12.8. The number of halogens is 1. The highest BCUT2D eigenvalue weighted by Crippen LogP contribution is 2.28. The van der Waals surface area contributed by atoms with Crippen molar-refractivity contribution >= 4 is 40.7 Å². The molecule has 1 heterocycles. The molecule has 0 aliphatic carbocycles. The Bertz CT molecular complexity index is 909. The Morgan fingerprint density at radius 2 is 1.81 bits per heavy atom. The third kappa shape index (κ3) is 3.80. The van der Waals surface area contributed by atoms with Crippen molar-refractivity contribution in [2.45, 2.75) is 19.4 Å². The minimum atomic E-state index is -0.659. The van der Waals surface area contributed by atoms with Gasteiger partial charge in [0.1, 0.15) is 6.04 Å². The Balaban J connectivity index is 1.75. The van der Waals surface area contributed by atoms with E-state index in [0.29, 0.717) is 22.0 Å². The first-order valence-corrected chi connectivity index (χ1v) is 8.87. The maximum absolute atomic E-state index is 12.7. The van der Waals surface area contributed by atoms with E-state index in [0.717, 1.165) is 10.5 Å². The fourth-order valence-electron chi connectivity index (χ4n) is 2.91. The number of amides is 3. The van der Waals surface area contributed by atoms with Crippen LogP contribution in [0, 0.1) is 6.92 Å². The normalized spacial score (nSPS) is 16.6. The number of nitrogens with one attached hydrogen (secondary N) is 1. The number of carbonyl (C=O) groups is 3. The maximum Gasteiger partial charge on any atom is 0.256 e. The summed E-state index contributed by atoms with van der Waals surface area (Å²) >= 11 is 6.12. The highest BCUT2D eigenvalue weighted by molar-refractivity contribution is 6.32. The average molecular weight is 386 g/mol. The summed E-state index contributed by atoms with van der Waals surface area (Å²) in [6, 6.07) is 11.3. The number of imide groups is 1. The monoisotopic (exact) mass is 385 g/mol.